The number of fused-ring (bicyclic) bond motifs is 2. The van der Waals surface area contributed by atoms with E-state index in [1.165, 1.54) is 25.7 Å². The van der Waals surface area contributed by atoms with Crippen LogP contribution in [0.3, 0.4) is 0 Å². The van der Waals surface area contributed by atoms with Gasteiger partial charge in [-0.2, -0.15) is 0 Å². The molecule has 1 aromatic carbocycles. The summed E-state index contributed by atoms with van der Waals surface area (Å²) in [6, 6.07) is 8.00. The molecule has 0 amide bonds. The fraction of sp³-hybridized carbons (Fsp3) is 0.667. The maximum atomic E-state index is 10.4. The van der Waals surface area contributed by atoms with E-state index in [9.17, 15) is 5.11 Å². The van der Waals surface area contributed by atoms with Crippen molar-refractivity contribution in [2.45, 2.75) is 51.6 Å². The first-order valence-corrected chi connectivity index (χ1v) is 8.17. The van der Waals surface area contributed by atoms with Gasteiger partial charge in [-0.15, -0.1) is 0 Å². The van der Waals surface area contributed by atoms with E-state index < -0.39 is 0 Å². The number of ether oxygens (including phenoxy) is 1. The van der Waals surface area contributed by atoms with E-state index in [4.69, 9.17) is 4.74 Å². The Morgan fingerprint density at radius 3 is 2.60 bits per heavy atom. The van der Waals surface area contributed by atoms with Gasteiger partial charge in [-0.25, -0.2) is 0 Å². The van der Waals surface area contributed by atoms with Crippen LogP contribution in [-0.4, -0.2) is 11.7 Å². The zero-order chi connectivity index (χ0) is 13.9. The molecule has 2 fully saturated rings. The zero-order valence-corrected chi connectivity index (χ0v) is 12.4. The van der Waals surface area contributed by atoms with Gasteiger partial charge in [-0.3, -0.25) is 0 Å². The van der Waals surface area contributed by atoms with Crippen LogP contribution in [0.4, 0.5) is 0 Å². The van der Waals surface area contributed by atoms with Crippen LogP contribution in [0.1, 0.15) is 57.1 Å². The Balaban J connectivity index is 1.55. The molecule has 2 bridgehead atoms. The minimum absolute atomic E-state index is 0.306. The molecule has 1 aromatic rings. The first-order valence-electron chi connectivity index (χ1n) is 8.17. The summed E-state index contributed by atoms with van der Waals surface area (Å²) in [4.78, 5) is 0. The van der Waals surface area contributed by atoms with Gasteiger partial charge in [-0.05, 0) is 67.6 Å². The minimum Gasteiger partial charge on any atom is -0.494 e. The third-order valence-corrected chi connectivity index (χ3v) is 5.15. The molecule has 0 spiro atoms. The van der Waals surface area contributed by atoms with Crippen LogP contribution < -0.4 is 4.74 Å². The summed E-state index contributed by atoms with van der Waals surface area (Å²) in [5.74, 6) is 3.51. The number of hydrogen-bond acceptors (Lipinski definition) is 2. The van der Waals surface area contributed by atoms with E-state index >= 15 is 0 Å². The second-order valence-corrected chi connectivity index (χ2v) is 6.60. The molecule has 0 aromatic heterocycles. The molecule has 0 heterocycles. The van der Waals surface area contributed by atoms with Gasteiger partial charge in [0.25, 0.3) is 0 Å². The average Bonchev–Trinajstić information content (AvgIpc) is 3.08. The summed E-state index contributed by atoms with van der Waals surface area (Å²) in [7, 11) is 0. The lowest BCUT2D eigenvalue weighted by Gasteiger charge is -2.24. The number of hydrogen-bond donors (Lipinski definition) is 1. The summed E-state index contributed by atoms with van der Waals surface area (Å²) < 4.78 is 5.58. The fourth-order valence-electron chi connectivity index (χ4n) is 4.09. The van der Waals surface area contributed by atoms with Crippen molar-refractivity contribution in [3.63, 3.8) is 0 Å². The standard InChI is InChI=1S/C18H26O2/c1-2-9-20-17-7-5-14(6-8-17)18(19)12-16-11-13-3-4-15(16)10-13/h5-8,13,15-16,18-19H,2-4,9-12H2,1H3. The molecule has 2 saturated carbocycles. The molecule has 0 aliphatic heterocycles. The van der Waals surface area contributed by atoms with Crippen LogP contribution in [0.5, 0.6) is 5.75 Å². The molecule has 110 valence electrons. The highest BCUT2D eigenvalue weighted by Crippen LogP contribution is 2.50. The summed E-state index contributed by atoms with van der Waals surface area (Å²) in [6.07, 6.45) is 7.25. The average molecular weight is 274 g/mol. The van der Waals surface area contributed by atoms with Gasteiger partial charge in [0, 0.05) is 0 Å². The van der Waals surface area contributed by atoms with Crippen molar-refractivity contribution in [3.8, 4) is 5.75 Å². The summed E-state index contributed by atoms with van der Waals surface area (Å²) in [5.41, 5.74) is 1.04. The third kappa shape index (κ3) is 3.01. The quantitative estimate of drug-likeness (QED) is 0.836. The Hall–Kier alpha value is -1.02. The molecule has 2 aliphatic carbocycles. The maximum Gasteiger partial charge on any atom is 0.119 e. The van der Waals surface area contributed by atoms with E-state index in [-0.39, 0.29) is 6.10 Å². The molecule has 2 nitrogen and oxygen atoms in total. The highest BCUT2D eigenvalue weighted by atomic mass is 16.5. The summed E-state index contributed by atoms with van der Waals surface area (Å²) >= 11 is 0. The number of rotatable bonds is 6. The molecular weight excluding hydrogens is 248 g/mol. The van der Waals surface area contributed by atoms with Crippen molar-refractivity contribution in [1.29, 1.82) is 0 Å². The Kier molecular flexibility index (Phi) is 4.30. The third-order valence-electron chi connectivity index (χ3n) is 5.15. The highest BCUT2D eigenvalue weighted by molar-refractivity contribution is 5.28. The van der Waals surface area contributed by atoms with Gasteiger partial charge in [0.05, 0.1) is 12.7 Å². The molecule has 1 N–H and O–H groups in total. The van der Waals surface area contributed by atoms with Crippen LogP contribution >= 0.6 is 0 Å². The van der Waals surface area contributed by atoms with Crippen LogP contribution in [0, 0.1) is 17.8 Å². The Morgan fingerprint density at radius 1 is 1.20 bits per heavy atom. The zero-order valence-electron chi connectivity index (χ0n) is 12.4. The second-order valence-electron chi connectivity index (χ2n) is 6.60. The predicted octanol–water partition coefficient (Wildman–Crippen LogP) is 4.34. The van der Waals surface area contributed by atoms with E-state index in [0.29, 0.717) is 0 Å². The van der Waals surface area contributed by atoms with Crippen molar-refractivity contribution < 1.29 is 9.84 Å². The van der Waals surface area contributed by atoms with Crippen molar-refractivity contribution in [1.82, 2.24) is 0 Å². The number of benzene rings is 1. The molecule has 4 unspecified atom stereocenters. The van der Waals surface area contributed by atoms with Gasteiger partial charge in [0.15, 0.2) is 0 Å². The molecule has 20 heavy (non-hydrogen) atoms. The summed E-state index contributed by atoms with van der Waals surface area (Å²) in [6.45, 7) is 2.86. The van der Waals surface area contributed by atoms with E-state index in [0.717, 1.165) is 48.5 Å². The van der Waals surface area contributed by atoms with Crippen molar-refractivity contribution in [3.05, 3.63) is 29.8 Å². The summed E-state index contributed by atoms with van der Waals surface area (Å²) in [5, 5.41) is 10.4. The monoisotopic (exact) mass is 274 g/mol. The lowest BCUT2D eigenvalue weighted by atomic mass is 9.83. The van der Waals surface area contributed by atoms with Gasteiger partial charge in [-0.1, -0.05) is 25.5 Å². The van der Waals surface area contributed by atoms with Crippen LogP contribution in [0.15, 0.2) is 24.3 Å². The van der Waals surface area contributed by atoms with Crippen molar-refractivity contribution in [2.24, 2.45) is 17.8 Å². The number of aliphatic hydroxyl groups is 1. The van der Waals surface area contributed by atoms with Gasteiger partial charge >= 0.3 is 0 Å². The lowest BCUT2D eigenvalue weighted by molar-refractivity contribution is 0.125. The number of aliphatic hydroxyl groups excluding tert-OH is 1. The maximum absolute atomic E-state index is 10.4. The van der Waals surface area contributed by atoms with E-state index in [1.54, 1.807) is 0 Å². The fourth-order valence-corrected chi connectivity index (χ4v) is 4.09. The second kappa shape index (κ2) is 6.17. The molecule has 2 aliphatic rings. The highest BCUT2D eigenvalue weighted by Gasteiger charge is 2.40. The topological polar surface area (TPSA) is 29.5 Å². The molecular formula is C18H26O2. The first kappa shape index (κ1) is 13.9. The molecule has 2 heteroatoms. The van der Waals surface area contributed by atoms with Gasteiger partial charge in [0.1, 0.15) is 5.75 Å². The molecule has 0 radical (unpaired) electrons. The molecule has 4 atom stereocenters. The normalized spacial score (nSPS) is 29.6. The Labute approximate surface area is 122 Å². The largest absolute Gasteiger partial charge is 0.494 e. The Morgan fingerprint density at radius 2 is 2.00 bits per heavy atom. The van der Waals surface area contributed by atoms with Gasteiger partial charge in [0.2, 0.25) is 0 Å². The molecule has 0 saturated heterocycles. The van der Waals surface area contributed by atoms with Crippen LogP contribution in [0.25, 0.3) is 0 Å². The Bertz CT molecular complexity index is 426. The molecule has 3 rings (SSSR count). The first-order chi connectivity index (χ1) is 9.76. The van der Waals surface area contributed by atoms with Crippen LogP contribution in [0.2, 0.25) is 0 Å². The predicted molar refractivity (Wildman–Crippen MR) is 80.7 cm³/mol. The van der Waals surface area contributed by atoms with Crippen molar-refractivity contribution in [2.75, 3.05) is 6.61 Å². The minimum atomic E-state index is -0.306. The van der Waals surface area contributed by atoms with Crippen molar-refractivity contribution >= 4 is 0 Å². The lowest BCUT2D eigenvalue weighted by Crippen LogP contribution is -2.14. The van der Waals surface area contributed by atoms with Crippen LogP contribution in [-0.2, 0) is 0 Å². The van der Waals surface area contributed by atoms with Gasteiger partial charge < -0.3 is 9.84 Å². The smallest absolute Gasteiger partial charge is 0.119 e. The van der Waals surface area contributed by atoms with E-state index in [1.807, 2.05) is 24.3 Å². The van der Waals surface area contributed by atoms with E-state index in [2.05, 4.69) is 6.92 Å². The SMILES string of the molecule is CCCOc1ccc(C(O)CC2CC3CCC2C3)cc1.